The van der Waals surface area contributed by atoms with Crippen molar-refractivity contribution in [3.05, 3.63) is 68.1 Å². The van der Waals surface area contributed by atoms with Gasteiger partial charge in [-0.1, -0.05) is 43.1 Å². The molecule has 0 radical (unpaired) electrons. The zero-order valence-corrected chi connectivity index (χ0v) is 19.0. The number of carbonyl (C=O) groups excluding carboxylic acids is 1. The molecule has 0 bridgehead atoms. The molecule has 0 saturated carbocycles. The number of aromatic nitrogens is 2. The fourth-order valence-corrected chi connectivity index (χ4v) is 4.72. The summed E-state index contributed by atoms with van der Waals surface area (Å²) in [6.07, 6.45) is -0.117. The minimum absolute atomic E-state index is 0.0686. The molecule has 1 amide bonds. The molecule has 0 unspecified atom stereocenters. The molecule has 0 atom stereocenters. The summed E-state index contributed by atoms with van der Waals surface area (Å²) >= 11 is 7.61. The third kappa shape index (κ3) is 5.23. The first-order chi connectivity index (χ1) is 15.2. The van der Waals surface area contributed by atoms with Gasteiger partial charge in [-0.15, -0.1) is 11.3 Å². The second kappa shape index (κ2) is 9.89. The van der Waals surface area contributed by atoms with Gasteiger partial charge in [0.2, 0.25) is 0 Å². The topological polar surface area (TPSA) is 72.9 Å². The summed E-state index contributed by atoms with van der Waals surface area (Å²) < 4.78 is 41.5. The van der Waals surface area contributed by atoms with Gasteiger partial charge in [-0.2, -0.15) is 18.3 Å². The molecule has 32 heavy (non-hydrogen) atoms. The molecule has 0 spiro atoms. The van der Waals surface area contributed by atoms with Crippen LogP contribution >= 0.6 is 22.9 Å². The van der Waals surface area contributed by atoms with Crippen molar-refractivity contribution < 1.29 is 18.0 Å². The summed E-state index contributed by atoms with van der Waals surface area (Å²) in [6, 6.07) is 6.86. The Hall–Kier alpha value is -2.62. The van der Waals surface area contributed by atoms with Crippen LogP contribution in [0.4, 0.5) is 13.2 Å². The fraction of sp³-hybridized carbons (Fsp3) is 0.273. The van der Waals surface area contributed by atoms with E-state index in [1.807, 2.05) is 6.92 Å². The summed E-state index contributed by atoms with van der Waals surface area (Å²) in [5, 5.41) is 7.28. The molecule has 3 rings (SSSR count). The number of aryl methyl sites for hydroxylation is 2. The number of benzene rings is 1. The second-order valence-electron chi connectivity index (χ2n) is 7.08. The van der Waals surface area contributed by atoms with Gasteiger partial charge in [0, 0.05) is 29.7 Å². The van der Waals surface area contributed by atoms with Crippen LogP contribution in [0.5, 0.6) is 0 Å². The van der Waals surface area contributed by atoms with E-state index < -0.39 is 17.6 Å². The lowest BCUT2D eigenvalue weighted by atomic mass is 10.1. The highest BCUT2D eigenvalue weighted by Crippen LogP contribution is 2.36. The third-order valence-corrected chi connectivity index (χ3v) is 6.22. The Kier molecular flexibility index (Phi) is 7.43. The third-order valence-electron chi connectivity index (χ3n) is 4.75. The number of hydrogen-bond acceptors (Lipinski definition) is 4. The van der Waals surface area contributed by atoms with Gasteiger partial charge in [0.15, 0.2) is 0 Å². The van der Waals surface area contributed by atoms with Crippen molar-refractivity contribution in [1.29, 1.82) is 0 Å². The number of hydrogen-bond donors (Lipinski definition) is 2. The zero-order valence-electron chi connectivity index (χ0n) is 17.5. The van der Waals surface area contributed by atoms with Crippen LogP contribution in [0.2, 0.25) is 5.02 Å². The summed E-state index contributed by atoms with van der Waals surface area (Å²) in [7, 11) is 1.77. The molecular weight excluding hydrogens is 461 g/mol. The molecule has 1 aromatic carbocycles. The molecule has 0 fully saturated rings. The van der Waals surface area contributed by atoms with Crippen LogP contribution in [0.3, 0.4) is 0 Å². The van der Waals surface area contributed by atoms with Crippen molar-refractivity contribution in [2.45, 2.75) is 25.9 Å². The Bertz CT molecular complexity index is 1130. The molecule has 3 aromatic rings. The van der Waals surface area contributed by atoms with Crippen LogP contribution in [-0.2, 0) is 19.6 Å². The second-order valence-corrected chi connectivity index (χ2v) is 8.62. The maximum Gasteiger partial charge on any atom is 0.416 e. The van der Waals surface area contributed by atoms with Crippen LogP contribution in [-0.4, -0.2) is 22.2 Å². The van der Waals surface area contributed by atoms with Gasteiger partial charge in [-0.25, -0.2) is 0 Å². The first-order valence-corrected chi connectivity index (χ1v) is 11.0. The normalized spacial score (nSPS) is 12.3. The van der Waals surface area contributed by atoms with Crippen molar-refractivity contribution >= 4 is 34.9 Å². The molecule has 10 heteroatoms. The van der Waals surface area contributed by atoms with E-state index in [1.54, 1.807) is 17.8 Å². The lowest BCUT2D eigenvalue weighted by Gasteiger charge is -2.12. The van der Waals surface area contributed by atoms with E-state index in [0.29, 0.717) is 15.6 Å². The minimum Gasteiger partial charge on any atom is -0.325 e. The molecule has 0 aliphatic rings. The van der Waals surface area contributed by atoms with Gasteiger partial charge in [0.25, 0.3) is 5.91 Å². The van der Waals surface area contributed by atoms with E-state index in [9.17, 15) is 18.0 Å². The van der Waals surface area contributed by atoms with Gasteiger partial charge in [-0.3, -0.25) is 9.48 Å². The number of halogens is 4. The van der Waals surface area contributed by atoms with E-state index in [4.69, 9.17) is 17.3 Å². The van der Waals surface area contributed by atoms with Crippen LogP contribution in [0.15, 0.2) is 42.2 Å². The highest BCUT2D eigenvalue weighted by Gasteiger charge is 2.32. The smallest absolute Gasteiger partial charge is 0.325 e. The van der Waals surface area contributed by atoms with E-state index in [0.717, 1.165) is 29.3 Å². The Morgan fingerprint density at radius 3 is 2.66 bits per heavy atom. The van der Waals surface area contributed by atoms with Crippen molar-refractivity contribution in [1.82, 2.24) is 15.1 Å². The van der Waals surface area contributed by atoms with Gasteiger partial charge in [-0.05, 0) is 30.2 Å². The fourth-order valence-electron chi connectivity index (χ4n) is 3.29. The molecular formula is C22H22ClF3N4OS. The molecule has 170 valence electrons. The Morgan fingerprint density at radius 2 is 2.06 bits per heavy atom. The lowest BCUT2D eigenvalue weighted by molar-refractivity contribution is -0.137. The van der Waals surface area contributed by atoms with Crippen molar-refractivity contribution in [3.63, 3.8) is 0 Å². The van der Waals surface area contributed by atoms with Crippen LogP contribution < -0.4 is 11.1 Å². The maximum absolute atomic E-state index is 13.3. The summed E-state index contributed by atoms with van der Waals surface area (Å²) in [5.74, 6) is -0.446. The summed E-state index contributed by atoms with van der Waals surface area (Å²) in [4.78, 5) is 14.3. The molecule has 2 aromatic heterocycles. The largest absolute Gasteiger partial charge is 0.416 e. The molecule has 0 saturated heterocycles. The van der Waals surface area contributed by atoms with Gasteiger partial charge < -0.3 is 11.1 Å². The predicted molar refractivity (Wildman–Crippen MR) is 121 cm³/mol. The number of rotatable bonds is 7. The van der Waals surface area contributed by atoms with E-state index >= 15 is 0 Å². The Balaban J connectivity index is 1.93. The lowest BCUT2D eigenvalue weighted by Crippen LogP contribution is -2.26. The van der Waals surface area contributed by atoms with Gasteiger partial charge in [0.05, 0.1) is 27.4 Å². The molecule has 0 aliphatic heterocycles. The SMILES string of the molecule is CCCc1sc(C(=O)N/C(=C/c2ccccc2C(F)(F)F)CN)cc1-c1c(Cl)cnn1C. The first-order valence-electron chi connectivity index (χ1n) is 9.84. The Labute approximate surface area is 192 Å². The van der Waals surface area contributed by atoms with E-state index in [-0.39, 0.29) is 17.8 Å². The molecule has 5 nitrogen and oxygen atoms in total. The van der Waals surface area contributed by atoms with Crippen molar-refractivity contribution in [2.24, 2.45) is 12.8 Å². The number of carbonyl (C=O) groups is 1. The maximum atomic E-state index is 13.3. The highest BCUT2D eigenvalue weighted by atomic mass is 35.5. The van der Waals surface area contributed by atoms with Gasteiger partial charge in [0.1, 0.15) is 0 Å². The standard InChI is InChI=1S/C22H22ClF3N4OS/c1-3-6-18-15(20-17(23)12-28-30(20)2)10-19(32-18)21(31)29-14(11-27)9-13-7-4-5-8-16(13)22(24,25)26/h4-5,7-10,12H,3,6,11,27H2,1-2H3,(H,29,31)/b14-9+. The van der Waals surface area contributed by atoms with E-state index in [1.165, 1.54) is 41.8 Å². The Morgan fingerprint density at radius 1 is 1.34 bits per heavy atom. The summed E-state index contributed by atoms with van der Waals surface area (Å²) in [5.41, 5.74) is 6.55. The van der Waals surface area contributed by atoms with Crippen LogP contribution in [0, 0.1) is 0 Å². The zero-order chi connectivity index (χ0) is 23.5. The van der Waals surface area contributed by atoms with Crippen molar-refractivity contribution in [3.8, 4) is 11.3 Å². The summed E-state index contributed by atoms with van der Waals surface area (Å²) in [6.45, 7) is 1.90. The monoisotopic (exact) mass is 482 g/mol. The average molecular weight is 483 g/mol. The molecule has 2 heterocycles. The average Bonchev–Trinajstić information content (AvgIpc) is 3.29. The number of amides is 1. The number of thiophene rings is 1. The van der Waals surface area contributed by atoms with Crippen molar-refractivity contribution in [2.75, 3.05) is 6.54 Å². The van der Waals surface area contributed by atoms with Gasteiger partial charge >= 0.3 is 6.18 Å². The minimum atomic E-state index is -4.52. The predicted octanol–water partition coefficient (Wildman–Crippen LogP) is 5.50. The molecule has 0 aliphatic carbocycles. The number of nitrogens with two attached hydrogens (primary N) is 1. The van der Waals surface area contributed by atoms with E-state index in [2.05, 4.69) is 10.4 Å². The first kappa shape index (κ1) is 24.0. The number of alkyl halides is 3. The highest BCUT2D eigenvalue weighted by molar-refractivity contribution is 7.14. The van der Waals surface area contributed by atoms with Crippen LogP contribution in [0.1, 0.15) is 39.0 Å². The molecule has 3 N–H and O–H groups in total. The number of nitrogens with one attached hydrogen (secondary N) is 1. The van der Waals surface area contributed by atoms with Crippen LogP contribution in [0.25, 0.3) is 17.3 Å². The number of nitrogens with zero attached hydrogens (tertiary/aromatic N) is 2. The quantitative estimate of drug-likeness (QED) is 0.467.